The van der Waals surface area contributed by atoms with Crippen LogP contribution in [0.2, 0.25) is 0 Å². The summed E-state index contributed by atoms with van der Waals surface area (Å²) < 4.78 is 5.38. The molecule has 2 heterocycles. The molecule has 0 spiro atoms. The first-order chi connectivity index (χ1) is 15.6. The van der Waals surface area contributed by atoms with Crippen molar-refractivity contribution >= 4 is 17.3 Å². The zero-order valence-corrected chi connectivity index (χ0v) is 17.7. The third kappa shape index (κ3) is 5.11. The molecule has 1 amide bonds. The summed E-state index contributed by atoms with van der Waals surface area (Å²) in [5.74, 6) is -0.252. The van der Waals surface area contributed by atoms with Gasteiger partial charge in [-0.05, 0) is 48.7 Å². The van der Waals surface area contributed by atoms with Gasteiger partial charge in [0.05, 0.1) is 22.6 Å². The molecule has 1 aliphatic rings. The van der Waals surface area contributed by atoms with Crippen molar-refractivity contribution < 1.29 is 9.53 Å². The summed E-state index contributed by atoms with van der Waals surface area (Å²) in [6.45, 7) is 2.23. The molecule has 3 aromatic rings. The fourth-order valence-corrected chi connectivity index (χ4v) is 3.67. The Bertz CT molecular complexity index is 1130. The highest BCUT2D eigenvalue weighted by atomic mass is 16.5. The second-order valence-corrected chi connectivity index (χ2v) is 7.74. The van der Waals surface area contributed by atoms with Crippen LogP contribution in [0.15, 0.2) is 60.8 Å². The molecule has 7 nitrogen and oxygen atoms in total. The van der Waals surface area contributed by atoms with E-state index in [0.717, 1.165) is 37.2 Å². The number of amides is 1. The molecule has 0 aliphatic carbocycles. The number of nitrogens with two attached hydrogens (primary N) is 1. The highest BCUT2D eigenvalue weighted by Crippen LogP contribution is 2.24. The number of aromatic nitrogens is 1. The number of para-hydroxylation sites is 2. The zero-order valence-electron chi connectivity index (χ0n) is 17.7. The maximum absolute atomic E-state index is 12.5. The van der Waals surface area contributed by atoms with Gasteiger partial charge in [-0.2, -0.15) is 5.26 Å². The van der Waals surface area contributed by atoms with E-state index >= 15 is 0 Å². The zero-order chi connectivity index (χ0) is 22.3. The summed E-state index contributed by atoms with van der Waals surface area (Å²) >= 11 is 0. The molecule has 1 aromatic heterocycles. The van der Waals surface area contributed by atoms with Gasteiger partial charge in [0.25, 0.3) is 5.91 Å². The molecular formula is C25H25N5O2. The van der Waals surface area contributed by atoms with Crippen molar-refractivity contribution in [2.24, 2.45) is 0 Å². The van der Waals surface area contributed by atoms with Crippen LogP contribution in [-0.2, 0) is 11.3 Å². The third-order valence-corrected chi connectivity index (χ3v) is 5.51. The number of nitrogens with one attached hydrogen (secondary N) is 2. The summed E-state index contributed by atoms with van der Waals surface area (Å²) in [4.78, 5) is 17.1. The van der Waals surface area contributed by atoms with Crippen molar-refractivity contribution in [1.29, 1.82) is 5.26 Å². The van der Waals surface area contributed by atoms with Gasteiger partial charge in [-0.15, -0.1) is 0 Å². The molecule has 0 radical (unpaired) electrons. The minimum absolute atomic E-state index is 0.252. The van der Waals surface area contributed by atoms with Crippen molar-refractivity contribution in [1.82, 2.24) is 10.3 Å². The van der Waals surface area contributed by atoms with Crippen LogP contribution in [0, 0.1) is 11.3 Å². The molecule has 1 fully saturated rings. The summed E-state index contributed by atoms with van der Waals surface area (Å²) in [6, 6.07) is 18.7. The van der Waals surface area contributed by atoms with Gasteiger partial charge in [-0.3, -0.25) is 9.78 Å². The van der Waals surface area contributed by atoms with Gasteiger partial charge in [-0.1, -0.05) is 24.3 Å². The highest BCUT2D eigenvalue weighted by molar-refractivity contribution is 6.05. The van der Waals surface area contributed by atoms with E-state index in [1.807, 2.05) is 18.2 Å². The maximum Gasteiger partial charge on any atom is 0.255 e. The van der Waals surface area contributed by atoms with Crippen molar-refractivity contribution in [2.75, 3.05) is 24.3 Å². The molecule has 0 bridgehead atoms. The summed E-state index contributed by atoms with van der Waals surface area (Å²) in [5, 5.41) is 16.0. The van der Waals surface area contributed by atoms with E-state index in [0.29, 0.717) is 40.8 Å². The number of rotatable bonds is 6. The van der Waals surface area contributed by atoms with Crippen LogP contribution in [0.5, 0.6) is 0 Å². The molecule has 2 aromatic carbocycles. The first-order valence-electron chi connectivity index (χ1n) is 10.6. The van der Waals surface area contributed by atoms with Gasteiger partial charge in [0.1, 0.15) is 6.07 Å². The Morgan fingerprint density at radius 1 is 1.16 bits per heavy atom. The predicted molar refractivity (Wildman–Crippen MR) is 124 cm³/mol. The lowest BCUT2D eigenvalue weighted by Gasteiger charge is -2.23. The molecule has 7 heteroatoms. The number of carbonyl (C=O) groups is 1. The van der Waals surface area contributed by atoms with Crippen molar-refractivity contribution in [3.05, 3.63) is 77.5 Å². The van der Waals surface area contributed by atoms with E-state index in [4.69, 9.17) is 10.5 Å². The molecule has 32 heavy (non-hydrogen) atoms. The number of ether oxygens (including phenoxy) is 1. The minimum atomic E-state index is -0.252. The van der Waals surface area contributed by atoms with E-state index in [2.05, 4.69) is 21.7 Å². The van der Waals surface area contributed by atoms with E-state index in [-0.39, 0.29) is 5.91 Å². The lowest BCUT2D eigenvalue weighted by atomic mass is 10.0. The number of hydrogen-bond acceptors (Lipinski definition) is 6. The first-order valence-corrected chi connectivity index (χ1v) is 10.6. The van der Waals surface area contributed by atoms with Crippen molar-refractivity contribution in [3.8, 4) is 17.3 Å². The molecule has 4 N–H and O–H groups in total. The Morgan fingerprint density at radius 3 is 2.62 bits per heavy atom. The molecule has 0 unspecified atom stereocenters. The molecule has 0 saturated carbocycles. The number of benzene rings is 2. The number of hydrogen-bond donors (Lipinski definition) is 3. The van der Waals surface area contributed by atoms with Crippen LogP contribution in [0.25, 0.3) is 11.3 Å². The van der Waals surface area contributed by atoms with Gasteiger partial charge in [0.2, 0.25) is 0 Å². The monoisotopic (exact) mass is 427 g/mol. The van der Waals surface area contributed by atoms with Gasteiger partial charge in [0, 0.05) is 43.1 Å². The van der Waals surface area contributed by atoms with Crippen molar-refractivity contribution in [3.63, 3.8) is 0 Å². The second kappa shape index (κ2) is 10.1. The smallest absolute Gasteiger partial charge is 0.255 e. The summed E-state index contributed by atoms with van der Waals surface area (Å²) in [5.41, 5.74) is 10.3. The van der Waals surface area contributed by atoms with Crippen molar-refractivity contribution in [2.45, 2.75) is 25.4 Å². The average molecular weight is 428 g/mol. The van der Waals surface area contributed by atoms with Gasteiger partial charge < -0.3 is 21.1 Å². The number of carbonyl (C=O) groups excluding carboxylic acids is 1. The van der Waals surface area contributed by atoms with E-state index in [1.54, 1.807) is 42.6 Å². The van der Waals surface area contributed by atoms with Gasteiger partial charge in [0.15, 0.2) is 0 Å². The molecular weight excluding hydrogens is 402 g/mol. The van der Waals surface area contributed by atoms with Crippen LogP contribution in [-0.4, -0.2) is 30.1 Å². The highest BCUT2D eigenvalue weighted by Gasteiger charge is 2.14. The number of nitrogen functional groups attached to an aromatic ring is 1. The Morgan fingerprint density at radius 2 is 1.91 bits per heavy atom. The number of nitriles is 1. The Balaban J connectivity index is 1.45. The first kappa shape index (κ1) is 21.5. The summed E-state index contributed by atoms with van der Waals surface area (Å²) in [7, 11) is 0. The van der Waals surface area contributed by atoms with E-state index in [1.165, 1.54) is 0 Å². The third-order valence-electron chi connectivity index (χ3n) is 5.51. The number of anilines is 2. The largest absolute Gasteiger partial charge is 0.397 e. The van der Waals surface area contributed by atoms with Crippen LogP contribution in [0.3, 0.4) is 0 Å². The standard InChI is InChI=1S/C25H25N5O2/c26-14-20-13-17(15-28-21-9-11-32-12-10-21)16-29-24(20)18-5-7-19(8-6-18)25(31)30-23-4-2-1-3-22(23)27/h1-8,13,16,21,28H,9-12,15,27H2,(H,30,31). The quantitative estimate of drug-likeness (QED) is 0.517. The second-order valence-electron chi connectivity index (χ2n) is 7.74. The predicted octanol–water partition coefficient (Wildman–Crippen LogP) is 3.72. The fourth-order valence-electron chi connectivity index (χ4n) is 3.67. The summed E-state index contributed by atoms with van der Waals surface area (Å²) in [6.07, 6.45) is 3.78. The SMILES string of the molecule is N#Cc1cc(CNC2CCOCC2)cnc1-c1ccc(C(=O)Nc2ccccc2N)cc1. The molecule has 4 rings (SSSR count). The molecule has 1 saturated heterocycles. The maximum atomic E-state index is 12.5. The number of nitrogens with zero attached hydrogens (tertiary/aromatic N) is 2. The fraction of sp³-hybridized carbons (Fsp3) is 0.240. The average Bonchev–Trinajstić information content (AvgIpc) is 2.84. The lowest BCUT2D eigenvalue weighted by molar-refractivity contribution is 0.0776. The molecule has 162 valence electrons. The van der Waals surface area contributed by atoms with E-state index in [9.17, 15) is 10.1 Å². The number of pyridine rings is 1. The Hall–Kier alpha value is -3.73. The van der Waals surface area contributed by atoms with Gasteiger partial charge >= 0.3 is 0 Å². The normalized spacial score (nSPS) is 14.0. The minimum Gasteiger partial charge on any atom is -0.397 e. The topological polar surface area (TPSA) is 113 Å². The van der Waals surface area contributed by atoms with Crippen LogP contribution >= 0.6 is 0 Å². The van der Waals surface area contributed by atoms with Gasteiger partial charge in [-0.25, -0.2) is 0 Å². The van der Waals surface area contributed by atoms with E-state index < -0.39 is 0 Å². The van der Waals surface area contributed by atoms with Crippen LogP contribution in [0.4, 0.5) is 11.4 Å². The van der Waals surface area contributed by atoms with Crippen LogP contribution < -0.4 is 16.4 Å². The Kier molecular flexibility index (Phi) is 6.75. The Labute approximate surface area is 187 Å². The van der Waals surface area contributed by atoms with Crippen LogP contribution in [0.1, 0.15) is 34.3 Å². The lowest BCUT2D eigenvalue weighted by Crippen LogP contribution is -2.34. The molecule has 0 atom stereocenters. The molecule has 1 aliphatic heterocycles.